The minimum atomic E-state index is -0.396. The molecule has 0 saturated heterocycles. The number of carbonyl (C=O) groups is 1. The van der Waals surface area contributed by atoms with Crippen molar-refractivity contribution in [2.75, 3.05) is 0 Å². The lowest BCUT2D eigenvalue weighted by molar-refractivity contribution is 0.124. The van der Waals surface area contributed by atoms with Gasteiger partial charge in [0.2, 0.25) is 0 Å². The number of alkyl carbamates (subject to hydrolysis) is 1. The molecule has 0 fully saturated rings. The molecule has 0 bridgehead atoms. The topological polar surface area (TPSA) is 38.3 Å². The van der Waals surface area contributed by atoms with Crippen LogP contribution in [0, 0.1) is 0 Å². The second-order valence-electron chi connectivity index (χ2n) is 3.91. The molecule has 0 aliphatic rings. The van der Waals surface area contributed by atoms with Gasteiger partial charge in [-0.1, -0.05) is 36.4 Å². The van der Waals surface area contributed by atoms with Gasteiger partial charge in [0.05, 0.1) is 6.04 Å². The van der Waals surface area contributed by atoms with Gasteiger partial charge >= 0.3 is 6.09 Å². The Kier molecular flexibility index (Phi) is 5.27. The Balaban J connectivity index is 2.46. The molecule has 2 atom stereocenters. The molecule has 0 heterocycles. The predicted octanol–water partition coefficient (Wildman–Crippen LogP) is 3.44. The first-order valence-electron chi connectivity index (χ1n) is 5.78. The van der Waals surface area contributed by atoms with Crippen LogP contribution < -0.4 is 5.32 Å². The highest BCUT2D eigenvalue weighted by Crippen LogP contribution is 2.11. The lowest BCUT2D eigenvalue weighted by Gasteiger charge is -2.16. The number of amides is 1. The van der Waals surface area contributed by atoms with Crippen molar-refractivity contribution in [1.82, 2.24) is 5.32 Å². The summed E-state index contributed by atoms with van der Waals surface area (Å²) in [6, 6.07) is 9.73. The zero-order chi connectivity index (χ0) is 12.7. The third-order valence-corrected chi connectivity index (χ3v) is 2.39. The number of allylic oxidation sites excluding steroid dienone is 1. The van der Waals surface area contributed by atoms with Crippen molar-refractivity contribution in [3.63, 3.8) is 0 Å². The molecule has 92 valence electrons. The molecular formula is C14H19NO2. The fraction of sp³-hybridized carbons (Fsp3) is 0.357. The first kappa shape index (κ1) is 13.3. The zero-order valence-corrected chi connectivity index (χ0v) is 10.5. The molecule has 17 heavy (non-hydrogen) atoms. The van der Waals surface area contributed by atoms with E-state index in [4.69, 9.17) is 4.74 Å². The summed E-state index contributed by atoms with van der Waals surface area (Å²) in [6.07, 6.45) is 3.08. The second kappa shape index (κ2) is 6.74. The quantitative estimate of drug-likeness (QED) is 0.809. The van der Waals surface area contributed by atoms with E-state index in [0.717, 1.165) is 5.56 Å². The first-order valence-corrected chi connectivity index (χ1v) is 5.78. The van der Waals surface area contributed by atoms with Crippen molar-refractivity contribution in [2.24, 2.45) is 0 Å². The van der Waals surface area contributed by atoms with Crippen LogP contribution in [0.5, 0.6) is 0 Å². The Hall–Kier alpha value is -1.77. The van der Waals surface area contributed by atoms with Gasteiger partial charge in [0.25, 0.3) is 0 Å². The molecule has 0 aliphatic heterocycles. The molecule has 0 aliphatic carbocycles. The van der Waals surface area contributed by atoms with Crippen LogP contribution in [-0.4, -0.2) is 12.2 Å². The van der Waals surface area contributed by atoms with Crippen LogP contribution in [0.25, 0.3) is 0 Å². The molecule has 3 heteroatoms. The average molecular weight is 233 g/mol. The van der Waals surface area contributed by atoms with E-state index in [1.54, 1.807) is 0 Å². The molecule has 0 radical (unpaired) electrons. The maximum atomic E-state index is 11.5. The summed E-state index contributed by atoms with van der Waals surface area (Å²) < 4.78 is 5.15. The van der Waals surface area contributed by atoms with Gasteiger partial charge < -0.3 is 10.1 Å². The number of benzene rings is 1. The van der Waals surface area contributed by atoms with Gasteiger partial charge in [-0.25, -0.2) is 4.79 Å². The van der Waals surface area contributed by atoms with Crippen LogP contribution in [0.3, 0.4) is 0 Å². The lowest BCUT2D eigenvalue weighted by atomic mass is 10.1. The van der Waals surface area contributed by atoms with Crippen molar-refractivity contribution in [1.29, 1.82) is 0 Å². The molecule has 1 aromatic rings. The highest BCUT2D eigenvalue weighted by molar-refractivity contribution is 5.68. The van der Waals surface area contributed by atoms with Crippen molar-refractivity contribution in [2.45, 2.75) is 32.9 Å². The van der Waals surface area contributed by atoms with Crippen molar-refractivity contribution in [3.05, 3.63) is 48.0 Å². The number of hydrogen-bond acceptors (Lipinski definition) is 2. The number of carbonyl (C=O) groups excluding carboxylic acids is 1. The van der Waals surface area contributed by atoms with Gasteiger partial charge in [0, 0.05) is 0 Å². The monoisotopic (exact) mass is 233 g/mol. The van der Waals surface area contributed by atoms with Crippen LogP contribution in [0.4, 0.5) is 4.79 Å². The highest BCUT2D eigenvalue weighted by atomic mass is 16.6. The fourth-order valence-electron chi connectivity index (χ4n) is 1.51. The van der Waals surface area contributed by atoms with Crippen LogP contribution in [0.2, 0.25) is 0 Å². The summed E-state index contributed by atoms with van der Waals surface area (Å²) in [4.78, 5) is 11.5. The van der Waals surface area contributed by atoms with Gasteiger partial charge in [-0.15, -0.1) is 0 Å². The maximum Gasteiger partial charge on any atom is 0.408 e. The summed E-state index contributed by atoms with van der Waals surface area (Å²) in [5.74, 6) is 0. The predicted molar refractivity (Wildman–Crippen MR) is 68.7 cm³/mol. The summed E-state index contributed by atoms with van der Waals surface area (Å²) >= 11 is 0. The van der Waals surface area contributed by atoms with Gasteiger partial charge in [-0.3, -0.25) is 0 Å². The fourth-order valence-corrected chi connectivity index (χ4v) is 1.51. The number of ether oxygens (including phenoxy) is 1. The van der Waals surface area contributed by atoms with Crippen LogP contribution in [0.15, 0.2) is 42.5 Å². The normalized spacial score (nSPS) is 14.3. The number of hydrogen-bond donors (Lipinski definition) is 1. The summed E-state index contributed by atoms with van der Waals surface area (Å²) in [5.41, 5.74) is 1.06. The largest absolute Gasteiger partial charge is 0.442 e. The molecule has 2 unspecified atom stereocenters. The minimum Gasteiger partial charge on any atom is -0.442 e. The van der Waals surface area contributed by atoms with Crippen molar-refractivity contribution >= 4 is 6.09 Å². The Labute approximate surface area is 102 Å². The summed E-state index contributed by atoms with van der Waals surface area (Å²) in [5, 5.41) is 2.79. The highest BCUT2D eigenvalue weighted by Gasteiger charge is 2.11. The second-order valence-corrected chi connectivity index (χ2v) is 3.91. The van der Waals surface area contributed by atoms with Gasteiger partial charge in [-0.05, 0) is 32.4 Å². The molecule has 0 saturated carbocycles. The lowest BCUT2D eigenvalue weighted by Crippen LogP contribution is -2.29. The molecule has 0 aromatic heterocycles. The average Bonchev–Trinajstić information content (AvgIpc) is 2.30. The standard InChI is InChI=1S/C14H19NO2/c1-4-8-11(2)17-14(16)15-12(3)13-9-6-5-7-10-13/h4-12H,1-3H3,(H,15,16)/b8-4+. The minimum absolute atomic E-state index is 0.0542. The number of nitrogens with one attached hydrogen (secondary N) is 1. The Morgan fingerprint density at radius 3 is 2.53 bits per heavy atom. The molecule has 1 aromatic carbocycles. The van der Waals surface area contributed by atoms with Gasteiger partial charge in [-0.2, -0.15) is 0 Å². The Bertz CT molecular complexity index is 373. The smallest absolute Gasteiger partial charge is 0.408 e. The third kappa shape index (κ3) is 4.72. The van der Waals surface area contributed by atoms with Gasteiger partial charge in [0.15, 0.2) is 0 Å². The van der Waals surface area contributed by atoms with E-state index in [9.17, 15) is 4.79 Å². The summed E-state index contributed by atoms with van der Waals surface area (Å²) in [7, 11) is 0. The van der Waals surface area contributed by atoms with Crippen LogP contribution in [0.1, 0.15) is 32.4 Å². The van der Waals surface area contributed by atoms with Crippen LogP contribution in [-0.2, 0) is 4.74 Å². The molecule has 1 amide bonds. The zero-order valence-electron chi connectivity index (χ0n) is 10.5. The molecule has 1 N–H and O–H groups in total. The molecular weight excluding hydrogens is 214 g/mol. The van der Waals surface area contributed by atoms with Crippen molar-refractivity contribution < 1.29 is 9.53 Å². The molecule has 3 nitrogen and oxygen atoms in total. The maximum absolute atomic E-state index is 11.5. The van der Waals surface area contributed by atoms with E-state index in [1.165, 1.54) is 0 Å². The van der Waals surface area contributed by atoms with Crippen LogP contribution >= 0.6 is 0 Å². The van der Waals surface area contributed by atoms with E-state index in [0.29, 0.717) is 0 Å². The Morgan fingerprint density at radius 2 is 1.94 bits per heavy atom. The number of rotatable bonds is 4. The van der Waals surface area contributed by atoms with E-state index in [2.05, 4.69) is 5.32 Å². The first-order chi connectivity index (χ1) is 8.13. The van der Waals surface area contributed by atoms with Crippen molar-refractivity contribution in [3.8, 4) is 0 Å². The van der Waals surface area contributed by atoms with E-state index in [-0.39, 0.29) is 12.1 Å². The van der Waals surface area contributed by atoms with E-state index in [1.807, 2.05) is 63.3 Å². The van der Waals surface area contributed by atoms with E-state index < -0.39 is 6.09 Å². The Morgan fingerprint density at radius 1 is 1.29 bits per heavy atom. The third-order valence-electron chi connectivity index (χ3n) is 2.39. The summed E-state index contributed by atoms with van der Waals surface area (Å²) in [6.45, 7) is 5.65. The molecule has 0 spiro atoms. The SMILES string of the molecule is C/C=C/C(C)OC(=O)NC(C)c1ccccc1. The van der Waals surface area contributed by atoms with Gasteiger partial charge in [0.1, 0.15) is 6.10 Å². The molecule has 1 rings (SSSR count). The van der Waals surface area contributed by atoms with E-state index >= 15 is 0 Å².